The summed E-state index contributed by atoms with van der Waals surface area (Å²) >= 11 is 0. The van der Waals surface area contributed by atoms with E-state index >= 15 is 0 Å². The normalized spacial score (nSPS) is 13.6. The monoisotopic (exact) mass is 358 g/mol. The number of esters is 1. The average molecular weight is 358 g/mol. The van der Waals surface area contributed by atoms with Crippen LogP contribution in [0.2, 0.25) is 0 Å². The fourth-order valence-electron chi connectivity index (χ4n) is 2.46. The lowest BCUT2D eigenvalue weighted by Gasteiger charge is -2.16. The van der Waals surface area contributed by atoms with Crippen LogP contribution in [0.4, 0.5) is 18.0 Å². The van der Waals surface area contributed by atoms with Crippen molar-refractivity contribution in [1.29, 1.82) is 0 Å². The largest absolute Gasteiger partial charge is 0.452 e. The number of hydrogen-bond donors (Lipinski definition) is 2. The Hall–Kier alpha value is -2.58. The Bertz CT molecular complexity index is 674. The zero-order valence-electron chi connectivity index (χ0n) is 13.2. The first kappa shape index (κ1) is 18.8. The van der Waals surface area contributed by atoms with Crippen molar-refractivity contribution in [2.24, 2.45) is 0 Å². The zero-order chi connectivity index (χ0) is 18.4. The summed E-state index contributed by atoms with van der Waals surface area (Å²) in [5.74, 6) is -1.76. The van der Waals surface area contributed by atoms with Crippen molar-refractivity contribution in [3.05, 3.63) is 34.9 Å². The second-order valence-corrected chi connectivity index (χ2v) is 5.61. The number of amides is 3. The molecule has 1 aromatic rings. The third-order valence-corrected chi connectivity index (χ3v) is 3.62. The predicted octanol–water partition coefficient (Wildman–Crippen LogP) is 2.11. The molecule has 1 aromatic carbocycles. The van der Waals surface area contributed by atoms with Gasteiger partial charge in [-0.1, -0.05) is 6.07 Å². The smallest absolute Gasteiger partial charge is 0.405 e. The molecular formula is C16H17F3N2O4. The number of carbonyl (C=O) groups is 3. The third kappa shape index (κ3) is 6.09. The minimum atomic E-state index is -4.58. The lowest BCUT2D eigenvalue weighted by atomic mass is 9.90. The van der Waals surface area contributed by atoms with Crippen LogP contribution in [0.1, 0.15) is 34.3 Å². The van der Waals surface area contributed by atoms with E-state index in [1.807, 2.05) is 6.07 Å². The van der Waals surface area contributed by atoms with Gasteiger partial charge in [0.15, 0.2) is 6.61 Å². The van der Waals surface area contributed by atoms with Crippen LogP contribution >= 0.6 is 0 Å². The van der Waals surface area contributed by atoms with Gasteiger partial charge in [0.25, 0.3) is 5.91 Å². The minimum absolute atomic E-state index is 0.287. The molecule has 0 aliphatic heterocycles. The molecule has 25 heavy (non-hydrogen) atoms. The van der Waals surface area contributed by atoms with Gasteiger partial charge in [0.05, 0.1) is 5.56 Å². The van der Waals surface area contributed by atoms with Crippen LogP contribution in [0.25, 0.3) is 0 Å². The molecule has 0 saturated heterocycles. The topological polar surface area (TPSA) is 84.5 Å². The van der Waals surface area contributed by atoms with Gasteiger partial charge >= 0.3 is 18.2 Å². The van der Waals surface area contributed by atoms with Gasteiger partial charge in [-0.15, -0.1) is 0 Å². The van der Waals surface area contributed by atoms with Gasteiger partial charge in [0.1, 0.15) is 6.54 Å². The standard InChI is InChI=1S/C16H17F3N2O4/c17-16(18,19)9-20-15(24)21-13(22)8-25-14(23)12-6-5-10-3-1-2-4-11(10)7-12/h5-7H,1-4,8-9H2,(H2,20,21,22,24). The molecule has 1 aliphatic rings. The number of alkyl halides is 3. The van der Waals surface area contributed by atoms with Gasteiger partial charge in [-0.25, -0.2) is 9.59 Å². The molecule has 0 spiro atoms. The summed E-state index contributed by atoms with van der Waals surface area (Å²) in [4.78, 5) is 34.4. The number of hydrogen-bond acceptors (Lipinski definition) is 4. The van der Waals surface area contributed by atoms with E-state index in [0.717, 1.165) is 31.2 Å². The van der Waals surface area contributed by atoms with Crippen LogP contribution in [-0.4, -0.2) is 37.2 Å². The number of ether oxygens (including phenoxy) is 1. The molecule has 0 heterocycles. The molecule has 0 fully saturated rings. The van der Waals surface area contributed by atoms with E-state index in [1.54, 1.807) is 17.4 Å². The number of halogens is 3. The second-order valence-electron chi connectivity index (χ2n) is 5.61. The van der Waals surface area contributed by atoms with Crippen molar-refractivity contribution in [2.45, 2.75) is 31.9 Å². The number of urea groups is 1. The van der Waals surface area contributed by atoms with E-state index in [2.05, 4.69) is 0 Å². The molecule has 0 saturated carbocycles. The quantitative estimate of drug-likeness (QED) is 0.808. The highest BCUT2D eigenvalue weighted by atomic mass is 19.4. The van der Waals surface area contributed by atoms with E-state index in [9.17, 15) is 27.6 Å². The second kappa shape index (κ2) is 8.00. The molecule has 0 aromatic heterocycles. The first-order chi connectivity index (χ1) is 11.7. The minimum Gasteiger partial charge on any atom is -0.452 e. The van der Waals surface area contributed by atoms with Crippen LogP contribution in [0, 0.1) is 0 Å². The Balaban J connectivity index is 1.79. The van der Waals surface area contributed by atoms with Crippen molar-refractivity contribution >= 4 is 17.9 Å². The van der Waals surface area contributed by atoms with E-state index in [-0.39, 0.29) is 5.56 Å². The summed E-state index contributed by atoms with van der Waals surface area (Å²) in [6.45, 7) is -2.34. The fraction of sp³-hybridized carbons (Fsp3) is 0.438. The van der Waals surface area contributed by atoms with E-state index in [4.69, 9.17) is 4.74 Å². The molecule has 136 valence electrons. The fourth-order valence-corrected chi connectivity index (χ4v) is 2.46. The SMILES string of the molecule is O=C(COC(=O)c1ccc2c(c1)CCCC2)NC(=O)NCC(F)(F)F. The maximum atomic E-state index is 11.9. The van der Waals surface area contributed by atoms with Crippen LogP contribution in [0.15, 0.2) is 18.2 Å². The summed E-state index contributed by atoms with van der Waals surface area (Å²) in [5, 5.41) is 3.11. The molecular weight excluding hydrogens is 341 g/mol. The van der Waals surface area contributed by atoms with Crippen LogP contribution in [0.3, 0.4) is 0 Å². The highest BCUT2D eigenvalue weighted by Gasteiger charge is 2.28. The number of aryl methyl sites for hydroxylation is 2. The molecule has 2 rings (SSSR count). The van der Waals surface area contributed by atoms with Crippen molar-refractivity contribution in [1.82, 2.24) is 10.6 Å². The van der Waals surface area contributed by atoms with E-state index in [1.165, 1.54) is 10.9 Å². The molecule has 2 N–H and O–H groups in total. The van der Waals surface area contributed by atoms with E-state index < -0.39 is 37.2 Å². The van der Waals surface area contributed by atoms with Crippen molar-refractivity contribution < 1.29 is 32.3 Å². The van der Waals surface area contributed by atoms with Gasteiger partial charge in [-0.3, -0.25) is 10.1 Å². The number of nitrogens with one attached hydrogen (secondary N) is 2. The molecule has 1 aliphatic carbocycles. The summed E-state index contributed by atoms with van der Waals surface area (Å²) in [6.07, 6.45) is -0.607. The first-order valence-electron chi connectivity index (χ1n) is 7.68. The Morgan fingerprint density at radius 2 is 1.76 bits per heavy atom. The Morgan fingerprint density at radius 3 is 2.44 bits per heavy atom. The first-order valence-corrected chi connectivity index (χ1v) is 7.68. The number of benzene rings is 1. The molecule has 0 radical (unpaired) electrons. The average Bonchev–Trinajstić information content (AvgIpc) is 2.57. The maximum absolute atomic E-state index is 11.9. The highest BCUT2D eigenvalue weighted by molar-refractivity contribution is 5.97. The van der Waals surface area contributed by atoms with Gasteiger partial charge in [-0.05, 0) is 48.9 Å². The highest BCUT2D eigenvalue weighted by Crippen LogP contribution is 2.22. The molecule has 3 amide bonds. The molecule has 0 bridgehead atoms. The van der Waals surface area contributed by atoms with Gasteiger partial charge in [-0.2, -0.15) is 13.2 Å². The van der Waals surface area contributed by atoms with E-state index in [0.29, 0.717) is 0 Å². The van der Waals surface area contributed by atoms with Gasteiger partial charge in [0.2, 0.25) is 0 Å². The Morgan fingerprint density at radius 1 is 1.08 bits per heavy atom. The lowest BCUT2D eigenvalue weighted by molar-refractivity contribution is -0.125. The zero-order valence-corrected chi connectivity index (χ0v) is 13.2. The van der Waals surface area contributed by atoms with Crippen molar-refractivity contribution in [2.75, 3.05) is 13.2 Å². The maximum Gasteiger partial charge on any atom is 0.405 e. The number of rotatable bonds is 4. The van der Waals surface area contributed by atoms with Crippen LogP contribution in [-0.2, 0) is 22.4 Å². The Labute approximate surface area is 141 Å². The van der Waals surface area contributed by atoms with Crippen LogP contribution < -0.4 is 10.6 Å². The summed E-state index contributed by atoms with van der Waals surface area (Å²) in [7, 11) is 0. The molecule has 0 unspecified atom stereocenters. The van der Waals surface area contributed by atoms with Gasteiger partial charge < -0.3 is 10.1 Å². The summed E-state index contributed by atoms with van der Waals surface area (Å²) in [6, 6.07) is 3.84. The molecule has 6 nitrogen and oxygen atoms in total. The third-order valence-electron chi connectivity index (χ3n) is 3.62. The van der Waals surface area contributed by atoms with Crippen molar-refractivity contribution in [3.8, 4) is 0 Å². The number of imide groups is 1. The molecule has 9 heteroatoms. The number of carbonyl (C=O) groups excluding carboxylic acids is 3. The van der Waals surface area contributed by atoms with Gasteiger partial charge in [0, 0.05) is 0 Å². The Kier molecular flexibility index (Phi) is 6.00. The predicted molar refractivity (Wildman–Crippen MR) is 81.0 cm³/mol. The van der Waals surface area contributed by atoms with Crippen LogP contribution in [0.5, 0.6) is 0 Å². The lowest BCUT2D eigenvalue weighted by Crippen LogP contribution is -2.44. The molecule has 0 atom stereocenters. The summed E-state index contributed by atoms with van der Waals surface area (Å²) < 4.78 is 40.5. The van der Waals surface area contributed by atoms with Crippen molar-refractivity contribution in [3.63, 3.8) is 0 Å². The summed E-state index contributed by atoms with van der Waals surface area (Å²) in [5.41, 5.74) is 2.54. The number of fused-ring (bicyclic) bond motifs is 1.